The van der Waals surface area contributed by atoms with E-state index in [4.69, 9.17) is 24.8 Å². The largest absolute Gasteiger partial charge is 0.490 e. The molecule has 0 radical (unpaired) electrons. The Bertz CT molecular complexity index is 1230. The molecule has 2 aromatic heterocycles. The molecule has 1 aliphatic heterocycles. The Morgan fingerprint density at radius 2 is 1.88 bits per heavy atom. The number of nitrogens with zero attached hydrogens (tertiary/aromatic N) is 3. The van der Waals surface area contributed by atoms with Crippen molar-refractivity contribution in [2.24, 2.45) is 0 Å². The van der Waals surface area contributed by atoms with Gasteiger partial charge in [-0.05, 0) is 0 Å². The molecule has 8 N–H and O–H groups in total. The Hall–Kier alpha value is -1.56. The van der Waals surface area contributed by atoms with Crippen molar-refractivity contribution >= 4 is 40.6 Å². The Morgan fingerprint density at radius 3 is 2.48 bits per heavy atom. The molecule has 1 fully saturated rings. The number of nitrogens with one attached hydrogen (secondary N) is 1. The fraction of sp³-hybridized carbons (Fsp3) is 0.545. The highest BCUT2D eigenvalue weighted by Crippen LogP contribution is 2.68. The third kappa shape index (κ3) is 5.93. The van der Waals surface area contributed by atoms with E-state index in [1.165, 1.54) is 0 Å². The lowest BCUT2D eigenvalue weighted by atomic mass is 10.1. The number of nitrogens with two attached hydrogens (primary N) is 1. The molecule has 6 atom stereocenters. The third-order valence-electron chi connectivity index (χ3n) is 4.10. The van der Waals surface area contributed by atoms with E-state index in [1.54, 1.807) is 0 Å². The minimum Gasteiger partial charge on any atom is -0.387 e. The van der Waals surface area contributed by atoms with Crippen molar-refractivity contribution in [3.8, 4) is 0 Å². The maximum Gasteiger partial charge on any atom is 0.490 e. The number of aromatic amines is 1. The first-order valence-electron chi connectivity index (χ1n) is 8.50. The summed E-state index contributed by atoms with van der Waals surface area (Å²) in [7, 11) is -15.4. The first kappa shape index (κ1) is 26.1. The number of imidazole rings is 1. The number of aliphatic hydroxyl groups is 2. The predicted molar refractivity (Wildman–Crippen MR) is 103 cm³/mol. The zero-order valence-corrected chi connectivity index (χ0v) is 18.9. The van der Waals surface area contributed by atoms with E-state index in [0.717, 1.165) is 10.9 Å². The van der Waals surface area contributed by atoms with Crippen LogP contribution in [0.3, 0.4) is 0 Å². The number of phosphoric ester groups is 1. The van der Waals surface area contributed by atoms with Crippen molar-refractivity contribution in [2.75, 3.05) is 19.5 Å². The molecule has 3 rings (SSSR count). The molecule has 22 heteroatoms. The van der Waals surface area contributed by atoms with E-state index >= 15 is 0 Å². The van der Waals surface area contributed by atoms with Crippen LogP contribution >= 0.6 is 23.5 Å². The summed E-state index contributed by atoms with van der Waals surface area (Å²) >= 11 is 0. The topological polar surface area (TPSA) is 288 Å². The first-order chi connectivity index (χ1) is 15.1. The lowest BCUT2D eigenvalue weighted by Gasteiger charge is -2.21. The second-order valence-electron chi connectivity index (χ2n) is 6.37. The van der Waals surface area contributed by atoms with E-state index in [9.17, 15) is 33.6 Å². The monoisotopic (exact) mass is 537 g/mol. The molecular formula is C11H18N5O14P3. The second-order valence-corrected chi connectivity index (χ2v) is 11.1. The molecule has 0 amide bonds. The van der Waals surface area contributed by atoms with Crippen LogP contribution < -0.4 is 11.3 Å². The molecule has 1 aliphatic rings. The van der Waals surface area contributed by atoms with Crippen molar-refractivity contribution in [2.45, 2.75) is 24.5 Å². The molecule has 33 heavy (non-hydrogen) atoms. The summed E-state index contributed by atoms with van der Waals surface area (Å²) in [5, 5.41) is 20.6. The van der Waals surface area contributed by atoms with Crippen molar-refractivity contribution in [1.29, 1.82) is 0 Å². The van der Waals surface area contributed by atoms with Crippen LogP contribution in [0, 0.1) is 0 Å². The SMILES string of the molecule is COP(=O)(OC[C@H]1O[C@@H](n2cnc3c(=O)[nH]c(N)nc32)C(O)C1O)OP(=O)(O)OP(=O)(O)O. The van der Waals surface area contributed by atoms with E-state index in [1.807, 2.05) is 0 Å². The summed E-state index contributed by atoms with van der Waals surface area (Å²) < 4.78 is 58.0. The highest BCUT2D eigenvalue weighted by Gasteiger charge is 2.47. The van der Waals surface area contributed by atoms with Crippen LogP contribution in [0.1, 0.15) is 6.23 Å². The number of H-pyrrole nitrogens is 1. The van der Waals surface area contributed by atoms with Gasteiger partial charge >= 0.3 is 23.5 Å². The summed E-state index contributed by atoms with van der Waals surface area (Å²) in [5.74, 6) is -0.258. The predicted octanol–water partition coefficient (Wildman–Crippen LogP) is -1.68. The highest BCUT2D eigenvalue weighted by atomic mass is 31.3. The van der Waals surface area contributed by atoms with Crippen molar-refractivity contribution in [3.63, 3.8) is 0 Å². The van der Waals surface area contributed by atoms with Gasteiger partial charge in [-0.2, -0.15) is 13.6 Å². The van der Waals surface area contributed by atoms with E-state index in [0.29, 0.717) is 7.11 Å². The van der Waals surface area contributed by atoms with Crippen molar-refractivity contribution in [1.82, 2.24) is 19.5 Å². The lowest BCUT2D eigenvalue weighted by molar-refractivity contribution is -0.0508. The van der Waals surface area contributed by atoms with Crippen LogP contribution in [-0.4, -0.2) is 76.4 Å². The number of fused-ring (bicyclic) bond motifs is 1. The van der Waals surface area contributed by atoms with E-state index < -0.39 is 60.2 Å². The summed E-state index contributed by atoms with van der Waals surface area (Å²) in [5.41, 5.74) is 4.60. The number of nitrogen functional groups attached to an aromatic ring is 1. The number of hydrogen-bond acceptors (Lipinski definition) is 14. The molecule has 186 valence electrons. The first-order valence-corrected chi connectivity index (χ1v) is 13.0. The smallest absolute Gasteiger partial charge is 0.387 e. The third-order valence-corrected chi connectivity index (χ3v) is 8.31. The van der Waals surface area contributed by atoms with Gasteiger partial charge in [0.05, 0.1) is 12.9 Å². The molecule has 2 aromatic rings. The molecule has 0 aromatic carbocycles. The van der Waals surface area contributed by atoms with Gasteiger partial charge < -0.3 is 35.4 Å². The maximum absolute atomic E-state index is 12.4. The molecule has 4 unspecified atom stereocenters. The van der Waals surface area contributed by atoms with Crippen LogP contribution in [0.4, 0.5) is 5.95 Å². The number of rotatable bonds is 9. The average molecular weight is 537 g/mol. The number of hydrogen-bond donors (Lipinski definition) is 7. The zero-order valence-electron chi connectivity index (χ0n) is 16.3. The minimum atomic E-state index is -5.62. The Balaban J connectivity index is 1.75. The summed E-state index contributed by atoms with van der Waals surface area (Å²) in [6, 6.07) is 0. The van der Waals surface area contributed by atoms with Gasteiger partial charge in [-0.3, -0.25) is 23.4 Å². The van der Waals surface area contributed by atoms with Gasteiger partial charge in [-0.1, -0.05) is 0 Å². The highest BCUT2D eigenvalue weighted by molar-refractivity contribution is 7.66. The zero-order chi connectivity index (χ0) is 24.8. The molecule has 0 spiro atoms. The van der Waals surface area contributed by atoms with Crippen molar-refractivity contribution in [3.05, 3.63) is 16.7 Å². The summed E-state index contributed by atoms with van der Waals surface area (Å²) in [6.45, 7) is -0.876. The standard InChI is InChI=1S/C11H18N5O14P3/c1-26-33(25,30-32(23,24)29-31(20,21)22)27-2-4-6(17)7(18)10(28-4)16-3-13-5-8(16)14-11(12)15-9(5)19/h3-4,6-7,10,17-18H,2H2,1H3,(H,23,24)(H2,20,21,22)(H3,12,14,15,19)/t4-,6?,7?,10-,33?/m1/s1. The second kappa shape index (κ2) is 9.24. The Labute approximate surface area is 182 Å². The number of phosphoric acid groups is 3. The van der Waals surface area contributed by atoms with Gasteiger partial charge in [-0.15, -0.1) is 0 Å². The molecule has 1 saturated heterocycles. The molecular weight excluding hydrogens is 519 g/mol. The fourth-order valence-electron chi connectivity index (χ4n) is 2.78. The van der Waals surface area contributed by atoms with Gasteiger partial charge in [0.25, 0.3) is 5.56 Å². The lowest BCUT2D eigenvalue weighted by Crippen LogP contribution is -2.33. The van der Waals surface area contributed by atoms with Gasteiger partial charge in [0.1, 0.15) is 18.3 Å². The molecule has 0 saturated carbocycles. The van der Waals surface area contributed by atoms with Gasteiger partial charge in [0.15, 0.2) is 17.4 Å². The van der Waals surface area contributed by atoms with Crippen LogP contribution in [0.5, 0.6) is 0 Å². The van der Waals surface area contributed by atoms with Gasteiger partial charge in [-0.25, -0.2) is 18.7 Å². The van der Waals surface area contributed by atoms with Crippen LogP contribution in [0.25, 0.3) is 11.2 Å². The van der Waals surface area contributed by atoms with Crippen LogP contribution in [0.2, 0.25) is 0 Å². The molecule has 0 bridgehead atoms. The molecule has 0 aliphatic carbocycles. The van der Waals surface area contributed by atoms with Gasteiger partial charge in [0.2, 0.25) is 5.95 Å². The number of ether oxygens (including phenoxy) is 1. The number of aliphatic hydroxyl groups excluding tert-OH is 2. The van der Waals surface area contributed by atoms with Gasteiger partial charge in [0, 0.05) is 7.11 Å². The van der Waals surface area contributed by atoms with E-state index in [-0.39, 0.29) is 17.1 Å². The number of anilines is 1. The quantitative estimate of drug-likeness (QED) is 0.176. The van der Waals surface area contributed by atoms with Crippen LogP contribution in [-0.2, 0) is 36.1 Å². The van der Waals surface area contributed by atoms with Crippen molar-refractivity contribution < 1.29 is 61.0 Å². The average Bonchev–Trinajstić information content (AvgIpc) is 3.20. The Kier molecular flexibility index (Phi) is 7.29. The normalized spacial score (nSPS) is 27.5. The number of aromatic nitrogens is 4. The fourth-order valence-corrected chi connectivity index (χ4v) is 6.14. The molecule has 3 heterocycles. The summed E-state index contributed by atoms with van der Waals surface area (Å²) in [6.07, 6.45) is -5.08. The van der Waals surface area contributed by atoms with E-state index in [2.05, 4.69) is 28.1 Å². The minimum absolute atomic E-state index is 0.0873. The molecule has 19 nitrogen and oxygen atoms in total. The van der Waals surface area contributed by atoms with Crippen LogP contribution in [0.15, 0.2) is 11.1 Å². The maximum atomic E-state index is 12.4. The summed E-state index contributed by atoms with van der Waals surface area (Å²) in [4.78, 5) is 48.4. The Morgan fingerprint density at radius 1 is 1.21 bits per heavy atom.